The normalized spacial score (nSPS) is 14.8. The van der Waals surface area contributed by atoms with Crippen LogP contribution in [0.3, 0.4) is 0 Å². The molecule has 0 saturated heterocycles. The Labute approximate surface area is 92.0 Å². The smallest absolute Gasteiger partial charge is 0.234 e. The molecule has 1 N–H and O–H groups in total. The summed E-state index contributed by atoms with van der Waals surface area (Å²) >= 11 is 3.29. The van der Waals surface area contributed by atoms with E-state index in [1.165, 1.54) is 0 Å². The predicted molar refractivity (Wildman–Crippen MR) is 58.3 cm³/mol. The maximum atomic E-state index is 11.5. The molecule has 78 valence electrons. The number of amides is 1. The third-order valence-electron chi connectivity index (χ3n) is 1.97. The van der Waals surface area contributed by atoms with Gasteiger partial charge in [-0.15, -0.1) is 0 Å². The zero-order valence-corrected chi connectivity index (χ0v) is 9.87. The van der Waals surface area contributed by atoms with E-state index in [9.17, 15) is 4.79 Å². The summed E-state index contributed by atoms with van der Waals surface area (Å²) in [6, 6.07) is 3.58. The Morgan fingerprint density at radius 2 is 2.43 bits per heavy atom. The van der Waals surface area contributed by atoms with Gasteiger partial charge in [0, 0.05) is 0 Å². The number of rotatable bonds is 4. The maximum Gasteiger partial charge on any atom is 0.234 e. The molecule has 4 heteroatoms. The van der Waals surface area contributed by atoms with Gasteiger partial charge >= 0.3 is 0 Å². The number of hydrogen-bond acceptors (Lipinski definition) is 2. The number of nitrogens with one attached hydrogen (secondary N) is 1. The highest BCUT2D eigenvalue weighted by Crippen LogP contribution is 2.13. The summed E-state index contributed by atoms with van der Waals surface area (Å²) in [6.07, 6.45) is 2.38. The quantitative estimate of drug-likeness (QED) is 0.845. The SMILES string of the molecule is CCC(Br)C(=O)N[C@H](C)c1ccco1. The minimum absolute atomic E-state index is 0.00333. The van der Waals surface area contributed by atoms with E-state index in [-0.39, 0.29) is 16.8 Å². The Kier molecular flexibility index (Phi) is 4.20. The van der Waals surface area contributed by atoms with E-state index in [1.54, 1.807) is 6.26 Å². The van der Waals surface area contributed by atoms with Crippen molar-refractivity contribution in [3.05, 3.63) is 24.2 Å². The summed E-state index contributed by atoms with van der Waals surface area (Å²) in [6.45, 7) is 3.85. The molecule has 0 radical (unpaired) electrons. The van der Waals surface area contributed by atoms with Gasteiger partial charge in [-0.3, -0.25) is 4.79 Å². The topological polar surface area (TPSA) is 42.2 Å². The van der Waals surface area contributed by atoms with Gasteiger partial charge in [0.25, 0.3) is 0 Å². The van der Waals surface area contributed by atoms with Crippen LogP contribution < -0.4 is 5.32 Å². The number of alkyl halides is 1. The zero-order chi connectivity index (χ0) is 10.6. The molecule has 0 aliphatic heterocycles. The molecule has 0 bridgehead atoms. The molecule has 1 amide bonds. The molecular weight excluding hydrogens is 246 g/mol. The van der Waals surface area contributed by atoms with Crippen LogP contribution in [0.5, 0.6) is 0 Å². The number of halogens is 1. The second-order valence-corrected chi connectivity index (χ2v) is 4.23. The highest BCUT2D eigenvalue weighted by atomic mass is 79.9. The van der Waals surface area contributed by atoms with Crippen LogP contribution in [0, 0.1) is 0 Å². The molecule has 2 atom stereocenters. The van der Waals surface area contributed by atoms with Crippen molar-refractivity contribution in [1.82, 2.24) is 5.32 Å². The van der Waals surface area contributed by atoms with E-state index in [2.05, 4.69) is 21.2 Å². The van der Waals surface area contributed by atoms with E-state index in [0.29, 0.717) is 0 Å². The van der Waals surface area contributed by atoms with E-state index >= 15 is 0 Å². The van der Waals surface area contributed by atoms with Crippen molar-refractivity contribution in [2.24, 2.45) is 0 Å². The Bertz CT molecular complexity index is 284. The van der Waals surface area contributed by atoms with E-state index in [0.717, 1.165) is 12.2 Å². The van der Waals surface area contributed by atoms with E-state index in [4.69, 9.17) is 4.42 Å². The van der Waals surface area contributed by atoms with Gasteiger partial charge in [0.2, 0.25) is 5.91 Å². The summed E-state index contributed by atoms with van der Waals surface area (Å²) < 4.78 is 5.18. The lowest BCUT2D eigenvalue weighted by Gasteiger charge is -2.13. The molecule has 1 rings (SSSR count). The second-order valence-electron chi connectivity index (χ2n) is 3.12. The van der Waals surface area contributed by atoms with E-state index in [1.807, 2.05) is 26.0 Å². The van der Waals surface area contributed by atoms with Gasteiger partial charge < -0.3 is 9.73 Å². The third kappa shape index (κ3) is 2.87. The fourth-order valence-electron chi connectivity index (χ4n) is 1.10. The monoisotopic (exact) mass is 259 g/mol. The molecule has 1 aromatic rings. The molecule has 0 spiro atoms. The van der Waals surface area contributed by atoms with Gasteiger partial charge in [-0.25, -0.2) is 0 Å². The standard InChI is InChI=1S/C10H14BrNO2/c1-3-8(11)10(13)12-7(2)9-5-4-6-14-9/h4-8H,3H2,1-2H3,(H,12,13)/t7-,8?/m1/s1. The molecule has 0 aliphatic rings. The van der Waals surface area contributed by atoms with E-state index < -0.39 is 0 Å². The first-order chi connectivity index (χ1) is 6.65. The van der Waals surface area contributed by atoms with Gasteiger partial charge in [-0.2, -0.15) is 0 Å². The van der Waals surface area contributed by atoms with Crippen molar-refractivity contribution >= 4 is 21.8 Å². The van der Waals surface area contributed by atoms with Crippen LogP contribution in [-0.4, -0.2) is 10.7 Å². The molecule has 3 nitrogen and oxygen atoms in total. The van der Waals surface area contributed by atoms with Crippen molar-refractivity contribution < 1.29 is 9.21 Å². The summed E-state index contributed by atoms with van der Waals surface area (Å²) in [4.78, 5) is 11.4. The van der Waals surface area contributed by atoms with Gasteiger partial charge in [-0.05, 0) is 25.5 Å². The molecule has 0 aliphatic carbocycles. The summed E-state index contributed by atoms with van der Waals surface area (Å²) in [7, 11) is 0. The predicted octanol–water partition coefficient (Wildman–Crippen LogP) is 2.63. The molecule has 14 heavy (non-hydrogen) atoms. The summed E-state index contributed by atoms with van der Waals surface area (Å²) in [5.41, 5.74) is 0. The van der Waals surface area contributed by atoms with Crippen molar-refractivity contribution in [3.63, 3.8) is 0 Å². The molecular formula is C10H14BrNO2. The van der Waals surface area contributed by atoms with Crippen molar-refractivity contribution in [2.45, 2.75) is 31.1 Å². The highest BCUT2D eigenvalue weighted by molar-refractivity contribution is 9.10. The van der Waals surface area contributed by atoms with Crippen molar-refractivity contribution in [2.75, 3.05) is 0 Å². The lowest BCUT2D eigenvalue weighted by molar-refractivity contribution is -0.121. The first kappa shape index (κ1) is 11.3. The van der Waals surface area contributed by atoms with Crippen molar-refractivity contribution in [3.8, 4) is 0 Å². The minimum Gasteiger partial charge on any atom is -0.467 e. The highest BCUT2D eigenvalue weighted by Gasteiger charge is 2.16. The largest absolute Gasteiger partial charge is 0.467 e. The van der Waals surface area contributed by atoms with Gasteiger partial charge in [0.05, 0.1) is 17.1 Å². The summed E-state index contributed by atoms with van der Waals surface area (Å²) in [5.74, 6) is 0.769. The first-order valence-corrected chi connectivity index (χ1v) is 5.54. The Morgan fingerprint density at radius 1 is 1.71 bits per heavy atom. The van der Waals surface area contributed by atoms with Crippen molar-refractivity contribution in [1.29, 1.82) is 0 Å². The van der Waals surface area contributed by atoms with Crippen LogP contribution >= 0.6 is 15.9 Å². The maximum absolute atomic E-state index is 11.5. The Morgan fingerprint density at radius 3 is 2.93 bits per heavy atom. The minimum atomic E-state index is -0.125. The average molecular weight is 260 g/mol. The fourth-order valence-corrected chi connectivity index (χ4v) is 1.23. The summed E-state index contributed by atoms with van der Waals surface area (Å²) in [5, 5.41) is 2.85. The number of hydrogen-bond donors (Lipinski definition) is 1. The Hall–Kier alpha value is -0.770. The lowest BCUT2D eigenvalue weighted by Crippen LogP contribution is -2.32. The molecule has 0 saturated carbocycles. The molecule has 1 aromatic heterocycles. The van der Waals surface area contributed by atoms with Crippen LogP contribution in [0.15, 0.2) is 22.8 Å². The third-order valence-corrected chi connectivity index (χ3v) is 3.03. The average Bonchev–Trinajstić information content (AvgIpc) is 2.69. The zero-order valence-electron chi connectivity index (χ0n) is 8.29. The fraction of sp³-hybridized carbons (Fsp3) is 0.500. The number of furan rings is 1. The number of carbonyl (C=O) groups is 1. The lowest BCUT2D eigenvalue weighted by atomic mass is 10.2. The number of carbonyl (C=O) groups excluding carboxylic acids is 1. The molecule has 1 heterocycles. The van der Waals surface area contributed by atoms with Crippen LogP contribution in [0.2, 0.25) is 0 Å². The molecule has 0 fully saturated rings. The molecule has 0 aromatic carbocycles. The Balaban J connectivity index is 2.49. The van der Waals surface area contributed by atoms with Crippen LogP contribution in [0.25, 0.3) is 0 Å². The van der Waals surface area contributed by atoms with Crippen LogP contribution in [-0.2, 0) is 4.79 Å². The second kappa shape index (κ2) is 5.20. The van der Waals surface area contributed by atoms with Crippen LogP contribution in [0.1, 0.15) is 32.1 Å². The van der Waals surface area contributed by atoms with Gasteiger partial charge in [-0.1, -0.05) is 22.9 Å². The van der Waals surface area contributed by atoms with Crippen LogP contribution in [0.4, 0.5) is 0 Å². The first-order valence-electron chi connectivity index (χ1n) is 4.63. The van der Waals surface area contributed by atoms with Gasteiger partial charge in [0.1, 0.15) is 5.76 Å². The van der Waals surface area contributed by atoms with Gasteiger partial charge in [0.15, 0.2) is 0 Å². The molecule has 1 unspecified atom stereocenters.